The molecular weight excluding hydrogens is 246 g/mol. The summed E-state index contributed by atoms with van der Waals surface area (Å²) >= 11 is 0. The van der Waals surface area contributed by atoms with Crippen LogP contribution in [-0.2, 0) is 4.79 Å². The number of nitrogens with one attached hydrogen (secondary N) is 1. The minimum atomic E-state index is 0.185. The summed E-state index contributed by atoms with van der Waals surface area (Å²) in [5, 5.41) is 3.67. The monoisotopic (exact) mass is 279 g/mol. The van der Waals surface area contributed by atoms with E-state index < -0.39 is 0 Å². The molecule has 1 N–H and O–H groups in total. The highest BCUT2D eigenvalue weighted by atomic mass is 16.1. The van der Waals surface area contributed by atoms with Crippen LogP contribution >= 0.6 is 0 Å². The Balaban J connectivity index is 1.60. The molecule has 3 unspecified atom stereocenters. The van der Waals surface area contributed by atoms with Gasteiger partial charge in [-0.25, -0.2) is 0 Å². The van der Waals surface area contributed by atoms with Crippen molar-refractivity contribution >= 4 is 5.78 Å². The second kappa shape index (κ2) is 8.81. The van der Waals surface area contributed by atoms with Crippen molar-refractivity contribution in [2.45, 2.75) is 102 Å². The minimum absolute atomic E-state index is 0.185. The molecule has 2 heteroatoms. The van der Waals surface area contributed by atoms with E-state index in [1.807, 2.05) is 0 Å². The molecule has 0 amide bonds. The first-order valence-corrected chi connectivity index (χ1v) is 9.10. The van der Waals surface area contributed by atoms with Crippen LogP contribution in [0.5, 0.6) is 0 Å². The van der Waals surface area contributed by atoms with Gasteiger partial charge in [0.15, 0.2) is 0 Å². The van der Waals surface area contributed by atoms with Gasteiger partial charge >= 0.3 is 0 Å². The maximum atomic E-state index is 12.3. The van der Waals surface area contributed by atoms with Crippen molar-refractivity contribution in [1.82, 2.24) is 5.32 Å². The van der Waals surface area contributed by atoms with Gasteiger partial charge in [0.2, 0.25) is 0 Å². The molecule has 20 heavy (non-hydrogen) atoms. The standard InChI is InChI=1S/C18H33NO/c1-2-3-4-5-6-7-12-18(20)17-14-13-15-10-8-9-11-16(15)19-17/h15-17,19H,2-14H2,1H3. The number of piperidine rings is 1. The lowest BCUT2D eigenvalue weighted by atomic mass is 9.77. The molecule has 0 aromatic carbocycles. The number of carbonyl (C=O) groups excluding carboxylic acids is 1. The highest BCUT2D eigenvalue weighted by molar-refractivity contribution is 5.84. The fourth-order valence-electron chi connectivity index (χ4n) is 4.00. The predicted molar refractivity (Wildman–Crippen MR) is 84.9 cm³/mol. The fourth-order valence-corrected chi connectivity index (χ4v) is 4.00. The first-order valence-electron chi connectivity index (χ1n) is 9.10. The molecule has 1 aliphatic heterocycles. The van der Waals surface area contributed by atoms with E-state index >= 15 is 0 Å². The topological polar surface area (TPSA) is 29.1 Å². The summed E-state index contributed by atoms with van der Waals surface area (Å²) in [6, 6.07) is 0.834. The summed E-state index contributed by atoms with van der Waals surface area (Å²) in [6.45, 7) is 2.25. The van der Waals surface area contributed by atoms with Crippen LogP contribution in [0.15, 0.2) is 0 Å². The second-order valence-corrected chi connectivity index (χ2v) is 6.93. The van der Waals surface area contributed by atoms with Gasteiger partial charge in [0.1, 0.15) is 5.78 Å². The maximum Gasteiger partial charge on any atom is 0.149 e. The smallest absolute Gasteiger partial charge is 0.149 e. The van der Waals surface area contributed by atoms with Crippen molar-refractivity contribution in [2.24, 2.45) is 5.92 Å². The van der Waals surface area contributed by atoms with Gasteiger partial charge < -0.3 is 5.32 Å². The zero-order chi connectivity index (χ0) is 14.2. The molecule has 0 aromatic rings. The maximum absolute atomic E-state index is 12.3. The lowest BCUT2D eigenvalue weighted by molar-refractivity contribution is -0.122. The largest absolute Gasteiger partial charge is 0.304 e. The Morgan fingerprint density at radius 2 is 1.70 bits per heavy atom. The number of unbranched alkanes of at least 4 members (excludes halogenated alkanes) is 5. The van der Waals surface area contributed by atoms with Crippen LogP contribution in [0.25, 0.3) is 0 Å². The highest BCUT2D eigenvalue weighted by Crippen LogP contribution is 2.32. The van der Waals surface area contributed by atoms with Crippen LogP contribution in [0.3, 0.4) is 0 Å². The molecule has 0 spiro atoms. The SMILES string of the molecule is CCCCCCCCC(=O)C1CCC2CCCCC2N1. The molecule has 116 valence electrons. The third-order valence-corrected chi connectivity index (χ3v) is 5.32. The van der Waals surface area contributed by atoms with Crippen molar-refractivity contribution in [3.05, 3.63) is 0 Å². The van der Waals surface area contributed by atoms with Crippen LogP contribution in [0.1, 0.15) is 90.4 Å². The van der Waals surface area contributed by atoms with E-state index in [0.717, 1.165) is 25.2 Å². The Kier molecular flexibility index (Phi) is 7.06. The van der Waals surface area contributed by atoms with E-state index in [-0.39, 0.29) is 6.04 Å². The third kappa shape index (κ3) is 4.87. The molecule has 2 aliphatic rings. The van der Waals surface area contributed by atoms with E-state index in [0.29, 0.717) is 11.8 Å². The van der Waals surface area contributed by atoms with Gasteiger partial charge in [-0.3, -0.25) is 4.79 Å². The van der Waals surface area contributed by atoms with Gasteiger partial charge in [-0.15, -0.1) is 0 Å². The zero-order valence-electron chi connectivity index (χ0n) is 13.3. The van der Waals surface area contributed by atoms with Crippen molar-refractivity contribution in [1.29, 1.82) is 0 Å². The highest BCUT2D eigenvalue weighted by Gasteiger charge is 2.33. The zero-order valence-corrected chi connectivity index (χ0v) is 13.3. The lowest BCUT2D eigenvalue weighted by Crippen LogP contribution is -2.51. The number of rotatable bonds is 8. The van der Waals surface area contributed by atoms with Crippen molar-refractivity contribution in [3.63, 3.8) is 0 Å². The third-order valence-electron chi connectivity index (χ3n) is 5.32. The van der Waals surface area contributed by atoms with Crippen LogP contribution < -0.4 is 5.32 Å². The van der Waals surface area contributed by atoms with Crippen LogP contribution in [-0.4, -0.2) is 17.9 Å². The molecule has 2 fully saturated rings. The molecule has 2 rings (SSSR count). The molecule has 0 aromatic heterocycles. The Hall–Kier alpha value is -0.370. The van der Waals surface area contributed by atoms with Crippen LogP contribution in [0.2, 0.25) is 0 Å². The summed E-state index contributed by atoms with van der Waals surface area (Å²) in [4.78, 5) is 12.3. The minimum Gasteiger partial charge on any atom is -0.304 e. The molecule has 3 atom stereocenters. The van der Waals surface area contributed by atoms with Crippen molar-refractivity contribution < 1.29 is 4.79 Å². The molecule has 0 radical (unpaired) electrons. The number of carbonyl (C=O) groups is 1. The van der Waals surface area contributed by atoms with Crippen LogP contribution in [0.4, 0.5) is 0 Å². The Morgan fingerprint density at radius 1 is 0.950 bits per heavy atom. The van der Waals surface area contributed by atoms with Gasteiger partial charge in [0.25, 0.3) is 0 Å². The van der Waals surface area contributed by atoms with Gasteiger partial charge in [0.05, 0.1) is 6.04 Å². The quantitative estimate of drug-likeness (QED) is 0.657. The molecule has 0 bridgehead atoms. The number of Topliss-reactive ketones (excluding diaryl/α,β-unsaturated/α-hetero) is 1. The summed E-state index contributed by atoms with van der Waals surface area (Å²) in [5.41, 5.74) is 0. The number of fused-ring (bicyclic) bond motifs is 1. The molecule has 1 saturated heterocycles. The van der Waals surface area contributed by atoms with Gasteiger partial charge in [-0.1, -0.05) is 51.9 Å². The van der Waals surface area contributed by atoms with Gasteiger partial charge in [-0.2, -0.15) is 0 Å². The number of ketones is 1. The van der Waals surface area contributed by atoms with E-state index in [1.54, 1.807) is 0 Å². The normalized spacial score (nSPS) is 29.9. The molecule has 2 nitrogen and oxygen atoms in total. The van der Waals surface area contributed by atoms with E-state index in [9.17, 15) is 4.79 Å². The second-order valence-electron chi connectivity index (χ2n) is 6.93. The Bertz CT molecular complexity index is 289. The van der Waals surface area contributed by atoms with Gasteiger partial charge in [-0.05, 0) is 38.0 Å². The van der Waals surface area contributed by atoms with Crippen LogP contribution in [0, 0.1) is 5.92 Å². The van der Waals surface area contributed by atoms with E-state index in [4.69, 9.17) is 0 Å². The van der Waals surface area contributed by atoms with Gasteiger partial charge in [0, 0.05) is 12.5 Å². The first kappa shape index (κ1) is 16.0. The molecule has 1 aliphatic carbocycles. The Labute approximate surface area is 125 Å². The summed E-state index contributed by atoms with van der Waals surface area (Å²) < 4.78 is 0. The summed E-state index contributed by atoms with van der Waals surface area (Å²) in [5.74, 6) is 1.35. The molecular formula is C18H33NO. The molecule has 1 heterocycles. The Morgan fingerprint density at radius 3 is 2.55 bits per heavy atom. The summed E-state index contributed by atoms with van der Waals surface area (Å²) in [7, 11) is 0. The average molecular weight is 279 g/mol. The predicted octanol–water partition coefficient (Wildman–Crippen LogP) is 4.62. The number of hydrogen-bond donors (Lipinski definition) is 1. The lowest BCUT2D eigenvalue weighted by Gasteiger charge is -2.40. The molecule has 1 saturated carbocycles. The van der Waals surface area contributed by atoms with E-state index in [1.165, 1.54) is 64.2 Å². The summed E-state index contributed by atoms with van der Waals surface area (Å²) in [6.07, 6.45) is 16.3. The van der Waals surface area contributed by atoms with E-state index in [2.05, 4.69) is 12.2 Å². The number of hydrogen-bond acceptors (Lipinski definition) is 2. The van der Waals surface area contributed by atoms with Crippen molar-refractivity contribution in [2.75, 3.05) is 0 Å². The first-order chi connectivity index (χ1) is 9.81. The average Bonchev–Trinajstić information content (AvgIpc) is 2.50. The fraction of sp³-hybridized carbons (Fsp3) is 0.944. The van der Waals surface area contributed by atoms with Crippen molar-refractivity contribution in [3.8, 4) is 0 Å².